The molecular weight excluding hydrogens is 329 g/mol. The van der Waals surface area contributed by atoms with Crippen LogP contribution in [0.2, 0.25) is 0 Å². The molecule has 82 valence electrons. The summed E-state index contributed by atoms with van der Waals surface area (Å²) in [5.74, 6) is -0.945. The van der Waals surface area contributed by atoms with Crippen LogP contribution >= 0.6 is 13.6 Å². The van der Waals surface area contributed by atoms with Crippen molar-refractivity contribution < 1.29 is 35.4 Å². The van der Waals surface area contributed by atoms with E-state index in [1.807, 2.05) is 0 Å². The van der Waals surface area contributed by atoms with E-state index in [9.17, 15) is 9.59 Å². The van der Waals surface area contributed by atoms with Crippen molar-refractivity contribution >= 4 is 25.6 Å². The summed E-state index contributed by atoms with van der Waals surface area (Å²) >= 11 is 4.25. The first kappa shape index (κ1) is 15.3. The van der Waals surface area contributed by atoms with E-state index in [2.05, 4.69) is 29.2 Å². The molecule has 0 aliphatic rings. The van der Waals surface area contributed by atoms with Crippen LogP contribution in [0.5, 0.6) is 0 Å². The predicted molar refractivity (Wildman–Crippen MR) is 56.9 cm³/mol. The minimum atomic E-state index is -0.485. The molecule has 0 fully saturated rings. The van der Waals surface area contributed by atoms with Crippen LogP contribution in [0.15, 0.2) is 18.2 Å². The second kappa shape index (κ2) is 8.42. The molecule has 6 heteroatoms. The van der Waals surface area contributed by atoms with E-state index in [0.717, 1.165) is 0 Å². The summed E-state index contributed by atoms with van der Waals surface area (Å²) in [6.07, 6.45) is 0. The molecule has 0 amide bonds. The first-order valence-corrected chi connectivity index (χ1v) is 11.1. The molecule has 0 unspecified atom stereocenters. The van der Waals surface area contributed by atoms with Crippen LogP contribution in [0, 0.1) is 6.07 Å². The van der Waals surface area contributed by atoms with E-state index in [-0.39, 0.29) is 5.56 Å². The Kier molecular flexibility index (Phi) is 8.03. The molecule has 0 saturated heterocycles. The number of carbonyl (C=O) groups excluding carboxylic acids is 2. The van der Waals surface area contributed by atoms with Gasteiger partial charge in [-0.15, -0.1) is 24.3 Å². The number of halogens is 1. The van der Waals surface area contributed by atoms with Crippen molar-refractivity contribution in [3.63, 3.8) is 0 Å². The summed E-state index contributed by atoms with van der Waals surface area (Å²) < 4.78 is 8.96. The third-order valence-electron chi connectivity index (χ3n) is 1.64. The Morgan fingerprint density at radius 2 is 1.75 bits per heavy atom. The van der Waals surface area contributed by atoms with Crippen LogP contribution < -0.4 is 0 Å². The number of methoxy groups -OCH3 is 2. The molecule has 0 spiro atoms. The number of ether oxygens (including phenoxy) is 2. The molecule has 0 aliphatic heterocycles. The fourth-order valence-corrected chi connectivity index (χ4v) is 0.907. The third-order valence-corrected chi connectivity index (χ3v) is 1.64. The van der Waals surface area contributed by atoms with Crippen molar-refractivity contribution in [1.82, 2.24) is 0 Å². The molecule has 4 nitrogen and oxygen atoms in total. The summed E-state index contributed by atoms with van der Waals surface area (Å²) in [6.45, 7) is 0. The van der Waals surface area contributed by atoms with Gasteiger partial charge in [-0.3, -0.25) is 4.79 Å². The molecular formula is C10H9BrO4Zn. The van der Waals surface area contributed by atoms with Crippen molar-refractivity contribution in [3.05, 3.63) is 35.4 Å². The van der Waals surface area contributed by atoms with Crippen LogP contribution in [-0.4, -0.2) is 26.2 Å². The molecule has 0 atom stereocenters. The van der Waals surface area contributed by atoms with E-state index in [0.29, 0.717) is 5.56 Å². The summed E-state index contributed by atoms with van der Waals surface area (Å²) in [7, 11) is 2.57. The van der Waals surface area contributed by atoms with Gasteiger partial charge in [0.15, 0.2) is 0 Å². The van der Waals surface area contributed by atoms with E-state index >= 15 is 0 Å². The molecule has 0 radical (unpaired) electrons. The predicted octanol–water partition coefficient (Wildman–Crippen LogP) is 1.90. The molecule has 0 bridgehead atoms. The van der Waals surface area contributed by atoms with Gasteiger partial charge in [0.25, 0.3) is 5.97 Å². The van der Waals surface area contributed by atoms with Crippen molar-refractivity contribution in [2.45, 2.75) is 0 Å². The summed E-state index contributed by atoms with van der Waals surface area (Å²) in [6, 6.07) is 6.95. The zero-order valence-corrected chi connectivity index (χ0v) is 13.5. The van der Waals surface area contributed by atoms with Gasteiger partial charge in [0.2, 0.25) is 5.97 Å². The third kappa shape index (κ3) is 4.41. The van der Waals surface area contributed by atoms with Gasteiger partial charge in [0.05, 0.1) is 14.2 Å². The first-order chi connectivity index (χ1) is 7.69. The number of hydrogen-bond donors (Lipinski definition) is 0. The summed E-state index contributed by atoms with van der Waals surface area (Å²) in [5, 5.41) is 0. The standard InChI is InChI=1S/C10H9O4.BrH.Zn/c1-13-9(11)7-3-5-8(6-4-7)10(12)14-2;;/h3-5H,1-2H3;1H;/q-1;;+2/p-1. The molecule has 0 aromatic heterocycles. The van der Waals surface area contributed by atoms with E-state index in [1.54, 1.807) is 0 Å². The van der Waals surface area contributed by atoms with Crippen LogP contribution in [0.25, 0.3) is 0 Å². The van der Waals surface area contributed by atoms with Crippen LogP contribution in [0.1, 0.15) is 20.7 Å². The Morgan fingerprint density at radius 3 is 2.12 bits per heavy atom. The maximum atomic E-state index is 11.0. The Labute approximate surface area is 110 Å². The first-order valence-electron chi connectivity index (χ1n) is 4.14. The van der Waals surface area contributed by atoms with Gasteiger partial charge in [0, 0.05) is 0 Å². The van der Waals surface area contributed by atoms with Crippen LogP contribution in [0.4, 0.5) is 0 Å². The van der Waals surface area contributed by atoms with Gasteiger partial charge in [-0.05, 0) is 5.56 Å². The summed E-state index contributed by atoms with van der Waals surface area (Å²) in [4.78, 5) is 22.0. The average molecular weight is 338 g/mol. The SMILES string of the molecule is COC(=O)c1[c-]cc(C(=O)OC)cc1.[Zn+][Br]. The number of benzene rings is 1. The van der Waals surface area contributed by atoms with Gasteiger partial charge in [-0.2, -0.15) is 0 Å². The fraction of sp³-hybridized carbons (Fsp3) is 0.200. The second-order valence-corrected chi connectivity index (χ2v) is 2.47. The zero-order valence-electron chi connectivity index (χ0n) is 8.95. The minimum absolute atomic E-state index is 0.278. The molecule has 0 saturated carbocycles. The van der Waals surface area contributed by atoms with Crippen LogP contribution in [0.3, 0.4) is 0 Å². The van der Waals surface area contributed by atoms with Crippen molar-refractivity contribution in [2.24, 2.45) is 0 Å². The Hall–Kier alpha value is -0.737. The van der Waals surface area contributed by atoms with E-state index in [4.69, 9.17) is 0 Å². The average Bonchev–Trinajstić information content (AvgIpc) is 2.39. The van der Waals surface area contributed by atoms with E-state index < -0.39 is 11.9 Å². The molecule has 1 aromatic carbocycles. The van der Waals surface area contributed by atoms with Gasteiger partial charge in [0.1, 0.15) is 0 Å². The molecule has 0 aliphatic carbocycles. The van der Waals surface area contributed by atoms with Crippen molar-refractivity contribution in [2.75, 3.05) is 14.2 Å². The molecule has 1 aromatic rings. The Morgan fingerprint density at radius 1 is 1.19 bits per heavy atom. The molecule has 0 N–H and O–H groups in total. The number of hydrogen-bond acceptors (Lipinski definition) is 4. The second-order valence-electron chi connectivity index (χ2n) is 2.47. The van der Waals surface area contributed by atoms with Gasteiger partial charge in [-0.1, -0.05) is 5.56 Å². The topological polar surface area (TPSA) is 52.6 Å². The van der Waals surface area contributed by atoms with Crippen LogP contribution in [-0.2, 0) is 25.8 Å². The van der Waals surface area contributed by atoms with Crippen molar-refractivity contribution in [3.8, 4) is 0 Å². The quantitative estimate of drug-likeness (QED) is 0.469. The number of carbonyl (C=O) groups is 2. The van der Waals surface area contributed by atoms with E-state index in [1.165, 1.54) is 48.8 Å². The van der Waals surface area contributed by atoms with Crippen molar-refractivity contribution in [1.29, 1.82) is 0 Å². The summed E-state index contributed by atoms with van der Waals surface area (Å²) in [5.41, 5.74) is 0.625. The number of esters is 2. The normalized spacial score (nSPS) is 8.56. The Bertz CT molecular complexity index is 315. The Balaban J connectivity index is 0.00000106. The van der Waals surface area contributed by atoms with Gasteiger partial charge in [-0.25, -0.2) is 0 Å². The maximum absolute atomic E-state index is 11.0. The van der Waals surface area contributed by atoms with Gasteiger partial charge >= 0.3 is 30.0 Å². The monoisotopic (exact) mass is 336 g/mol. The van der Waals surface area contributed by atoms with Gasteiger partial charge < -0.3 is 14.3 Å². The molecule has 1 rings (SSSR count). The molecule has 16 heavy (non-hydrogen) atoms. The zero-order chi connectivity index (χ0) is 12.6. The molecule has 0 heterocycles. The fourth-order valence-electron chi connectivity index (χ4n) is 0.907. The number of rotatable bonds is 2.